The molecule has 1 amide bonds. The van der Waals surface area contributed by atoms with E-state index in [1.807, 2.05) is 36.4 Å². The molecule has 9 heteroatoms. The first-order valence-electron chi connectivity index (χ1n) is 12.4. The van der Waals surface area contributed by atoms with Crippen molar-refractivity contribution in [1.82, 2.24) is 5.43 Å². The molecule has 5 rings (SSSR count). The summed E-state index contributed by atoms with van der Waals surface area (Å²) in [5.41, 5.74) is 3.56. The lowest BCUT2D eigenvalue weighted by Gasteiger charge is -2.19. The van der Waals surface area contributed by atoms with Gasteiger partial charge >= 0.3 is 18.2 Å². The summed E-state index contributed by atoms with van der Waals surface area (Å²) < 4.78 is 17.0. The summed E-state index contributed by atoms with van der Waals surface area (Å²) in [5.74, 6) is 0.0221. The normalized spacial score (nSPS) is 11.0. The fourth-order valence-corrected chi connectivity index (χ4v) is 4.07. The van der Waals surface area contributed by atoms with Gasteiger partial charge in [0.2, 0.25) is 0 Å². The Kier molecular flexibility index (Phi) is 8.79. The summed E-state index contributed by atoms with van der Waals surface area (Å²) in [5, 5.41) is 6.83. The van der Waals surface area contributed by atoms with Crippen molar-refractivity contribution in [2.24, 2.45) is 5.10 Å². The van der Waals surface area contributed by atoms with Crippen LogP contribution in [0.15, 0.2) is 120 Å². The number of hydrazone groups is 1. The Labute approximate surface area is 245 Å². The third-order valence-corrected chi connectivity index (χ3v) is 6.32. The van der Waals surface area contributed by atoms with E-state index < -0.39 is 18.2 Å². The van der Waals surface area contributed by atoms with Gasteiger partial charge < -0.3 is 14.2 Å². The lowest BCUT2D eigenvalue weighted by atomic mass is 10.0. The van der Waals surface area contributed by atoms with Crippen molar-refractivity contribution in [3.05, 3.63) is 136 Å². The summed E-state index contributed by atoms with van der Waals surface area (Å²) in [6, 6.07) is 32.8. The Bertz CT molecular complexity index is 1640. The molecule has 41 heavy (non-hydrogen) atoms. The minimum Gasteiger partial charge on any atom is -0.446 e. The number of benzene rings is 5. The number of halogens is 2. The van der Waals surface area contributed by atoms with Crippen LogP contribution in [0.4, 0.5) is 0 Å². The molecule has 5 aromatic rings. The highest BCUT2D eigenvalue weighted by atomic mass is 35.5. The third-order valence-electron chi connectivity index (χ3n) is 5.82. The molecule has 0 radical (unpaired) electrons. The number of amides is 1. The van der Waals surface area contributed by atoms with Crippen LogP contribution in [0.3, 0.4) is 0 Å². The van der Waals surface area contributed by atoms with E-state index in [0.29, 0.717) is 38.4 Å². The second-order valence-corrected chi connectivity index (χ2v) is 9.57. The number of esters is 1. The number of ether oxygens (including phenoxy) is 3. The van der Waals surface area contributed by atoms with Crippen LogP contribution in [-0.4, -0.2) is 24.4 Å². The van der Waals surface area contributed by atoms with Gasteiger partial charge in [0.15, 0.2) is 0 Å². The molecule has 0 heterocycles. The molecular weight excluding hydrogens is 563 g/mol. The van der Waals surface area contributed by atoms with Crippen LogP contribution in [0.1, 0.15) is 15.9 Å². The Balaban J connectivity index is 1.22. The predicted octanol–water partition coefficient (Wildman–Crippen LogP) is 7.30. The minimum absolute atomic E-state index is 0.372. The van der Waals surface area contributed by atoms with Gasteiger partial charge in [-0.05, 0) is 95.2 Å². The highest BCUT2D eigenvalue weighted by Gasteiger charge is 2.23. The first kappa shape index (κ1) is 27.7. The molecule has 0 aliphatic heterocycles. The molecule has 204 valence electrons. The Morgan fingerprint density at radius 3 is 1.88 bits per heavy atom. The lowest BCUT2D eigenvalue weighted by Crippen LogP contribution is -2.40. The number of nitrogens with one attached hydrogen (secondary N) is 1. The van der Waals surface area contributed by atoms with Crippen molar-refractivity contribution in [3.63, 3.8) is 0 Å². The Morgan fingerprint density at radius 1 is 0.683 bits per heavy atom. The molecular formula is C32H22Cl2N2O5. The van der Waals surface area contributed by atoms with E-state index in [-0.39, 0.29) is 0 Å². The van der Waals surface area contributed by atoms with E-state index in [0.717, 1.165) is 10.8 Å². The van der Waals surface area contributed by atoms with E-state index in [2.05, 4.69) is 10.5 Å². The minimum atomic E-state index is -1.36. The van der Waals surface area contributed by atoms with Crippen molar-refractivity contribution in [3.8, 4) is 17.2 Å². The number of fused-ring (bicyclic) bond motifs is 1. The SMILES string of the molecule is O=C(Oc1ccc(/C=N\NC(=O)C(Oc2ccc(Cl)cc2)Oc2ccc(Cl)cc2)cc1)c1cccc2ccccc12. The van der Waals surface area contributed by atoms with Gasteiger partial charge in [0.1, 0.15) is 17.2 Å². The quantitative estimate of drug-likeness (QED) is 0.0645. The summed E-state index contributed by atoms with van der Waals surface area (Å²) in [4.78, 5) is 25.7. The summed E-state index contributed by atoms with van der Waals surface area (Å²) >= 11 is 11.9. The van der Waals surface area contributed by atoms with E-state index in [4.69, 9.17) is 37.4 Å². The molecule has 1 N–H and O–H groups in total. The van der Waals surface area contributed by atoms with Gasteiger partial charge in [-0.2, -0.15) is 5.10 Å². The standard InChI is InChI=1S/C32H22Cl2N2O5/c33-23-10-16-26(17-11-23)40-32(41-27-18-12-24(34)13-19-27)30(37)36-35-20-21-8-14-25(15-9-21)39-31(38)29-7-3-5-22-4-1-2-6-28(22)29/h1-20,32H,(H,36,37)/b35-20-. The van der Waals surface area contributed by atoms with Gasteiger partial charge in [0, 0.05) is 10.0 Å². The monoisotopic (exact) mass is 584 g/mol. The number of carbonyl (C=O) groups excluding carboxylic acids is 2. The summed E-state index contributed by atoms with van der Waals surface area (Å²) in [6.45, 7) is 0. The third kappa shape index (κ3) is 7.42. The van der Waals surface area contributed by atoms with Crippen LogP contribution in [0.25, 0.3) is 10.8 Å². The number of hydrogen-bond acceptors (Lipinski definition) is 6. The van der Waals surface area contributed by atoms with Crippen LogP contribution >= 0.6 is 23.2 Å². The van der Waals surface area contributed by atoms with Crippen LogP contribution in [0, 0.1) is 0 Å². The van der Waals surface area contributed by atoms with E-state index in [9.17, 15) is 9.59 Å². The first-order chi connectivity index (χ1) is 19.9. The van der Waals surface area contributed by atoms with Crippen molar-refractivity contribution < 1.29 is 23.8 Å². The van der Waals surface area contributed by atoms with Crippen molar-refractivity contribution in [2.75, 3.05) is 0 Å². The molecule has 0 saturated carbocycles. The fourth-order valence-electron chi connectivity index (χ4n) is 3.82. The maximum atomic E-state index is 12.9. The number of nitrogens with zero attached hydrogens (tertiary/aromatic N) is 1. The smallest absolute Gasteiger partial charge is 0.344 e. The van der Waals surface area contributed by atoms with Gasteiger partial charge in [-0.15, -0.1) is 0 Å². The molecule has 0 aliphatic carbocycles. The molecule has 0 spiro atoms. The number of carbonyl (C=O) groups is 2. The summed E-state index contributed by atoms with van der Waals surface area (Å²) in [7, 11) is 0. The molecule has 0 bridgehead atoms. The second kappa shape index (κ2) is 13.0. The molecule has 0 fully saturated rings. The van der Waals surface area contributed by atoms with Crippen molar-refractivity contribution in [1.29, 1.82) is 0 Å². The van der Waals surface area contributed by atoms with Crippen LogP contribution < -0.4 is 19.6 Å². The van der Waals surface area contributed by atoms with Gasteiger partial charge in [-0.25, -0.2) is 10.2 Å². The van der Waals surface area contributed by atoms with E-state index in [1.54, 1.807) is 78.9 Å². The zero-order valence-corrected chi connectivity index (χ0v) is 22.9. The average Bonchev–Trinajstić information content (AvgIpc) is 2.99. The molecule has 0 aliphatic rings. The van der Waals surface area contributed by atoms with E-state index >= 15 is 0 Å². The van der Waals surface area contributed by atoms with Crippen molar-refractivity contribution in [2.45, 2.75) is 6.29 Å². The fraction of sp³-hybridized carbons (Fsp3) is 0.0312. The largest absolute Gasteiger partial charge is 0.446 e. The topological polar surface area (TPSA) is 86.2 Å². The van der Waals surface area contributed by atoms with E-state index in [1.165, 1.54) is 6.21 Å². The van der Waals surface area contributed by atoms with Gasteiger partial charge in [-0.1, -0.05) is 59.6 Å². The maximum absolute atomic E-state index is 12.9. The zero-order valence-electron chi connectivity index (χ0n) is 21.4. The highest BCUT2D eigenvalue weighted by molar-refractivity contribution is 6.30. The molecule has 7 nitrogen and oxygen atoms in total. The summed E-state index contributed by atoms with van der Waals surface area (Å²) in [6.07, 6.45) is 0.0842. The van der Waals surface area contributed by atoms with Gasteiger partial charge in [0.25, 0.3) is 0 Å². The van der Waals surface area contributed by atoms with Crippen LogP contribution in [0.5, 0.6) is 17.2 Å². The lowest BCUT2D eigenvalue weighted by molar-refractivity contribution is -0.140. The second-order valence-electron chi connectivity index (χ2n) is 8.69. The molecule has 0 aromatic heterocycles. The number of hydrogen-bond donors (Lipinski definition) is 1. The Morgan fingerprint density at radius 2 is 1.24 bits per heavy atom. The average molecular weight is 585 g/mol. The highest BCUT2D eigenvalue weighted by Crippen LogP contribution is 2.22. The molecule has 0 atom stereocenters. The van der Waals surface area contributed by atoms with Crippen LogP contribution in [-0.2, 0) is 4.79 Å². The first-order valence-corrected chi connectivity index (χ1v) is 13.2. The van der Waals surface area contributed by atoms with Crippen LogP contribution in [0.2, 0.25) is 10.0 Å². The van der Waals surface area contributed by atoms with Gasteiger partial charge in [-0.3, -0.25) is 4.79 Å². The zero-order chi connectivity index (χ0) is 28.6. The predicted molar refractivity (Wildman–Crippen MR) is 159 cm³/mol. The maximum Gasteiger partial charge on any atom is 0.344 e. The molecule has 5 aromatic carbocycles. The molecule has 0 unspecified atom stereocenters. The number of rotatable bonds is 9. The Hall–Kier alpha value is -4.85. The van der Waals surface area contributed by atoms with Gasteiger partial charge in [0.05, 0.1) is 11.8 Å². The van der Waals surface area contributed by atoms with Crippen molar-refractivity contribution >= 4 is 52.1 Å². The molecule has 0 saturated heterocycles.